The Morgan fingerprint density at radius 3 is 2.46 bits per heavy atom. The average molecular weight is 310 g/mol. The average Bonchev–Trinajstić information content (AvgIpc) is 3.05. The summed E-state index contributed by atoms with van der Waals surface area (Å²) in [7, 11) is 0. The van der Waals surface area contributed by atoms with Crippen LogP contribution in [0.1, 0.15) is 32.6 Å². The Morgan fingerprint density at radius 2 is 1.67 bits per heavy atom. The van der Waals surface area contributed by atoms with Crippen molar-refractivity contribution in [3.05, 3.63) is 71.3 Å². The van der Waals surface area contributed by atoms with Gasteiger partial charge in [-0.1, -0.05) is 37.4 Å². The van der Waals surface area contributed by atoms with Crippen molar-refractivity contribution in [3.8, 4) is 0 Å². The van der Waals surface area contributed by atoms with E-state index >= 15 is 0 Å². The molecule has 24 heavy (non-hydrogen) atoms. The number of benzene rings is 3. The van der Waals surface area contributed by atoms with Gasteiger partial charge in [-0.2, -0.15) is 0 Å². The number of hydrogen-bond acceptors (Lipinski definition) is 2. The van der Waals surface area contributed by atoms with Crippen LogP contribution in [0.4, 0.5) is 0 Å². The monoisotopic (exact) mass is 310 g/mol. The zero-order valence-corrected chi connectivity index (χ0v) is 13.1. The summed E-state index contributed by atoms with van der Waals surface area (Å²) in [6.07, 6.45) is 2.65. The maximum Gasteiger partial charge on any atom is 0.167 e. The molecule has 3 aromatic rings. The van der Waals surface area contributed by atoms with E-state index in [4.69, 9.17) is 0 Å². The highest BCUT2D eigenvalue weighted by atomic mass is 16.1. The third kappa shape index (κ3) is 1.46. The highest BCUT2D eigenvalue weighted by Crippen LogP contribution is 2.42. The second-order valence-corrected chi connectivity index (χ2v) is 6.57. The first-order valence-corrected chi connectivity index (χ1v) is 8.02. The lowest BCUT2D eigenvalue weighted by molar-refractivity contribution is -0.112. The van der Waals surface area contributed by atoms with Crippen molar-refractivity contribution in [1.82, 2.24) is 0 Å². The third-order valence-electron chi connectivity index (χ3n) is 5.33. The van der Waals surface area contributed by atoms with E-state index in [2.05, 4.69) is 31.4 Å². The van der Waals surface area contributed by atoms with E-state index in [1.807, 2.05) is 18.2 Å². The van der Waals surface area contributed by atoms with Crippen LogP contribution in [-0.2, 0) is 17.6 Å². The molecule has 3 aromatic carbocycles. The smallest absolute Gasteiger partial charge is 0.167 e. The molecule has 2 nitrogen and oxygen atoms in total. The van der Waals surface area contributed by atoms with Gasteiger partial charge < -0.3 is 0 Å². The molecule has 0 aliphatic heterocycles. The SMILES string of the molecule is C=Cc1c2c(cc3c1cc1c4c(cccc43)C(=O)C1)CC(=O)C2=C. The molecule has 0 saturated heterocycles. The van der Waals surface area contributed by atoms with Gasteiger partial charge in [-0.15, -0.1) is 0 Å². The maximum absolute atomic E-state index is 12.3. The van der Waals surface area contributed by atoms with Crippen molar-refractivity contribution >= 4 is 44.8 Å². The minimum absolute atomic E-state index is 0.0795. The van der Waals surface area contributed by atoms with Gasteiger partial charge in [0.25, 0.3) is 0 Å². The van der Waals surface area contributed by atoms with Crippen LogP contribution in [-0.4, -0.2) is 11.6 Å². The highest BCUT2D eigenvalue weighted by molar-refractivity contribution is 6.29. The molecule has 5 rings (SSSR count). The van der Waals surface area contributed by atoms with Crippen molar-refractivity contribution in [2.24, 2.45) is 0 Å². The Bertz CT molecular complexity index is 1160. The maximum atomic E-state index is 12.3. The Kier molecular flexibility index (Phi) is 2.41. The molecule has 114 valence electrons. The number of ketones is 2. The molecular formula is C22H14O2. The lowest BCUT2D eigenvalue weighted by atomic mass is 9.90. The zero-order valence-electron chi connectivity index (χ0n) is 13.1. The molecule has 0 aromatic heterocycles. The second kappa shape index (κ2) is 4.30. The van der Waals surface area contributed by atoms with E-state index in [1.165, 1.54) is 0 Å². The molecular weight excluding hydrogens is 296 g/mol. The lowest BCUT2D eigenvalue weighted by Gasteiger charge is -2.13. The number of hydrogen-bond donors (Lipinski definition) is 0. The zero-order chi connectivity index (χ0) is 16.6. The summed E-state index contributed by atoms with van der Waals surface area (Å²) in [5, 5.41) is 4.28. The predicted molar refractivity (Wildman–Crippen MR) is 97.3 cm³/mol. The lowest BCUT2D eigenvalue weighted by Crippen LogP contribution is -1.93. The second-order valence-electron chi connectivity index (χ2n) is 6.57. The first kappa shape index (κ1) is 13.4. The largest absolute Gasteiger partial charge is 0.294 e. The molecule has 0 atom stereocenters. The van der Waals surface area contributed by atoms with Crippen molar-refractivity contribution < 1.29 is 9.59 Å². The molecule has 0 amide bonds. The molecule has 0 spiro atoms. The number of rotatable bonds is 1. The van der Waals surface area contributed by atoms with E-state index in [1.54, 1.807) is 0 Å². The summed E-state index contributed by atoms with van der Waals surface area (Å²) in [6, 6.07) is 10.1. The summed E-state index contributed by atoms with van der Waals surface area (Å²) in [4.78, 5) is 24.4. The minimum Gasteiger partial charge on any atom is -0.294 e. The summed E-state index contributed by atoms with van der Waals surface area (Å²) in [5.41, 5.74) is 5.35. The third-order valence-corrected chi connectivity index (χ3v) is 5.33. The van der Waals surface area contributed by atoms with Crippen molar-refractivity contribution in [1.29, 1.82) is 0 Å². The van der Waals surface area contributed by atoms with E-state index in [-0.39, 0.29) is 11.6 Å². The number of allylic oxidation sites excluding steroid dienone is 1. The molecule has 0 saturated carbocycles. The fraction of sp³-hybridized carbons (Fsp3) is 0.0909. The van der Waals surface area contributed by atoms with Crippen molar-refractivity contribution in [2.45, 2.75) is 12.8 Å². The normalized spacial score (nSPS) is 15.6. The Hall–Kier alpha value is -3.00. The van der Waals surface area contributed by atoms with Gasteiger partial charge in [0.05, 0.1) is 0 Å². The van der Waals surface area contributed by atoms with Gasteiger partial charge in [0.1, 0.15) is 0 Å². The van der Waals surface area contributed by atoms with Crippen molar-refractivity contribution in [2.75, 3.05) is 0 Å². The van der Waals surface area contributed by atoms with Crippen LogP contribution in [0.3, 0.4) is 0 Å². The molecule has 0 fully saturated rings. The molecule has 2 aliphatic rings. The number of carbonyl (C=O) groups excluding carboxylic acids is 2. The molecule has 0 bridgehead atoms. The number of Topliss-reactive ketones (excluding diaryl/α,β-unsaturated/α-hetero) is 2. The van der Waals surface area contributed by atoms with Gasteiger partial charge in [0, 0.05) is 24.0 Å². The van der Waals surface area contributed by atoms with Crippen LogP contribution in [0.2, 0.25) is 0 Å². The Balaban J connectivity index is 2.04. The van der Waals surface area contributed by atoms with Crippen LogP contribution in [0.15, 0.2) is 43.5 Å². The molecule has 0 radical (unpaired) electrons. The van der Waals surface area contributed by atoms with Gasteiger partial charge in [0.2, 0.25) is 0 Å². The fourth-order valence-corrected chi connectivity index (χ4v) is 4.29. The van der Waals surface area contributed by atoms with Crippen LogP contribution in [0.25, 0.3) is 33.2 Å². The molecule has 2 aliphatic carbocycles. The predicted octanol–water partition coefficient (Wildman–Crippen LogP) is 4.51. The van der Waals surface area contributed by atoms with E-state index in [0.29, 0.717) is 18.4 Å². The Labute approximate surface area is 139 Å². The summed E-state index contributed by atoms with van der Waals surface area (Å²) in [6.45, 7) is 7.93. The van der Waals surface area contributed by atoms with E-state index in [9.17, 15) is 9.59 Å². The van der Waals surface area contributed by atoms with E-state index in [0.717, 1.165) is 49.4 Å². The molecule has 0 N–H and O–H groups in total. The van der Waals surface area contributed by atoms with E-state index < -0.39 is 0 Å². The van der Waals surface area contributed by atoms with Crippen LogP contribution >= 0.6 is 0 Å². The van der Waals surface area contributed by atoms with Gasteiger partial charge in [-0.05, 0) is 55.9 Å². The van der Waals surface area contributed by atoms with Crippen LogP contribution in [0.5, 0.6) is 0 Å². The van der Waals surface area contributed by atoms with Gasteiger partial charge in [-0.3, -0.25) is 9.59 Å². The molecule has 0 unspecified atom stereocenters. The Morgan fingerprint density at radius 1 is 0.917 bits per heavy atom. The summed E-state index contributed by atoms with van der Waals surface area (Å²) >= 11 is 0. The topological polar surface area (TPSA) is 34.1 Å². The highest BCUT2D eigenvalue weighted by Gasteiger charge is 2.29. The number of carbonyl (C=O) groups is 2. The standard InChI is InChI=1S/C22H14O2/c1-3-14-17-8-13-10-20(24)16-6-4-5-15(22(13)16)18(17)7-12-9-19(23)11(2)21(12)14/h3-8H,1-2,9-10H2. The summed E-state index contributed by atoms with van der Waals surface area (Å²) in [5.74, 6) is 0.258. The summed E-state index contributed by atoms with van der Waals surface area (Å²) < 4.78 is 0. The number of fused-ring (bicyclic) bond motifs is 3. The molecule has 0 heterocycles. The van der Waals surface area contributed by atoms with Crippen LogP contribution in [0, 0.1) is 0 Å². The first-order valence-electron chi connectivity index (χ1n) is 8.02. The molecule has 2 heteroatoms. The minimum atomic E-state index is 0.0795. The van der Waals surface area contributed by atoms with Crippen molar-refractivity contribution in [3.63, 3.8) is 0 Å². The van der Waals surface area contributed by atoms with Gasteiger partial charge in [-0.25, -0.2) is 0 Å². The van der Waals surface area contributed by atoms with Gasteiger partial charge >= 0.3 is 0 Å². The first-order chi connectivity index (χ1) is 11.6. The fourth-order valence-electron chi connectivity index (χ4n) is 4.29. The van der Waals surface area contributed by atoms with Gasteiger partial charge in [0.15, 0.2) is 11.6 Å². The van der Waals surface area contributed by atoms with Crippen LogP contribution < -0.4 is 0 Å². The quantitative estimate of drug-likeness (QED) is 0.489.